The molecule has 1 aliphatic carbocycles. The minimum Gasteiger partial charge on any atom is -0.384 e. The van der Waals surface area contributed by atoms with E-state index in [9.17, 15) is 4.79 Å². The summed E-state index contributed by atoms with van der Waals surface area (Å²) >= 11 is 1.48. The SMILES string of the molecule is Cc1cccc(C)c1-n1nc(-c2ccc(N)nc2)c2c1-c1sc(NC=O)nc1CC2. The lowest BCUT2D eigenvalue weighted by atomic mass is 9.95. The van der Waals surface area contributed by atoms with E-state index in [1.807, 2.05) is 10.7 Å². The van der Waals surface area contributed by atoms with Gasteiger partial charge in [0.05, 0.1) is 27.6 Å². The quantitative estimate of drug-likeness (QED) is 0.491. The first-order chi connectivity index (χ1) is 14.6. The topological polar surface area (TPSA) is 98.7 Å². The van der Waals surface area contributed by atoms with Gasteiger partial charge in [-0.05, 0) is 49.9 Å². The summed E-state index contributed by atoms with van der Waals surface area (Å²) in [6.07, 6.45) is 4.05. The van der Waals surface area contributed by atoms with Crippen LogP contribution in [0.5, 0.6) is 0 Å². The highest BCUT2D eigenvalue weighted by atomic mass is 32.1. The van der Waals surface area contributed by atoms with Gasteiger partial charge in [0.1, 0.15) is 5.82 Å². The Hall–Kier alpha value is -3.52. The Labute approximate surface area is 177 Å². The Morgan fingerprint density at radius 3 is 2.67 bits per heavy atom. The second-order valence-electron chi connectivity index (χ2n) is 7.36. The predicted molar refractivity (Wildman–Crippen MR) is 119 cm³/mol. The first kappa shape index (κ1) is 18.5. The molecular weight excluding hydrogens is 396 g/mol. The first-order valence-corrected chi connectivity index (χ1v) is 10.5. The van der Waals surface area contributed by atoms with Crippen molar-refractivity contribution in [1.29, 1.82) is 0 Å². The van der Waals surface area contributed by atoms with Gasteiger partial charge >= 0.3 is 0 Å². The van der Waals surface area contributed by atoms with Crippen LogP contribution in [0, 0.1) is 13.8 Å². The smallest absolute Gasteiger partial charge is 0.213 e. The van der Waals surface area contributed by atoms with Gasteiger partial charge in [-0.2, -0.15) is 5.10 Å². The Morgan fingerprint density at radius 1 is 1.17 bits per heavy atom. The fourth-order valence-electron chi connectivity index (χ4n) is 4.06. The minimum atomic E-state index is 0.483. The Balaban J connectivity index is 1.80. The highest BCUT2D eigenvalue weighted by Gasteiger charge is 2.30. The number of nitrogens with two attached hydrogens (primary N) is 1. The van der Waals surface area contributed by atoms with Crippen molar-refractivity contribution in [2.45, 2.75) is 26.7 Å². The van der Waals surface area contributed by atoms with Gasteiger partial charge in [-0.25, -0.2) is 14.6 Å². The summed E-state index contributed by atoms with van der Waals surface area (Å²) in [6.45, 7) is 4.19. The number of carbonyl (C=O) groups is 1. The summed E-state index contributed by atoms with van der Waals surface area (Å²) in [5.74, 6) is 0.483. The Kier molecular flexibility index (Phi) is 4.36. The first-order valence-electron chi connectivity index (χ1n) is 9.67. The van der Waals surface area contributed by atoms with Crippen LogP contribution in [0.15, 0.2) is 36.5 Å². The molecule has 3 N–H and O–H groups in total. The van der Waals surface area contributed by atoms with Crippen molar-refractivity contribution in [3.63, 3.8) is 0 Å². The maximum absolute atomic E-state index is 10.9. The van der Waals surface area contributed by atoms with E-state index in [0.29, 0.717) is 17.4 Å². The summed E-state index contributed by atoms with van der Waals surface area (Å²) in [7, 11) is 0. The molecule has 30 heavy (non-hydrogen) atoms. The molecule has 7 nitrogen and oxygen atoms in total. The van der Waals surface area contributed by atoms with Crippen LogP contribution in [-0.2, 0) is 17.6 Å². The summed E-state index contributed by atoms with van der Waals surface area (Å²) in [4.78, 5) is 20.9. The number of nitrogen functional groups attached to an aromatic ring is 1. The largest absolute Gasteiger partial charge is 0.384 e. The molecule has 1 aromatic carbocycles. The van der Waals surface area contributed by atoms with E-state index in [-0.39, 0.29) is 0 Å². The second-order valence-corrected chi connectivity index (χ2v) is 8.36. The number of amides is 1. The number of benzene rings is 1. The third-order valence-electron chi connectivity index (χ3n) is 5.40. The molecule has 0 unspecified atom stereocenters. The zero-order valence-electron chi connectivity index (χ0n) is 16.6. The number of fused-ring (bicyclic) bond motifs is 3. The zero-order chi connectivity index (χ0) is 20.8. The number of aryl methyl sites for hydroxylation is 3. The number of hydrogen-bond donors (Lipinski definition) is 2. The molecule has 0 fully saturated rings. The number of nitrogens with one attached hydrogen (secondary N) is 1. The summed E-state index contributed by atoms with van der Waals surface area (Å²) in [6, 6.07) is 10.0. The molecule has 0 bridgehead atoms. The number of pyridine rings is 1. The van der Waals surface area contributed by atoms with Gasteiger partial charge in [0.25, 0.3) is 0 Å². The van der Waals surface area contributed by atoms with Crippen molar-refractivity contribution in [2.75, 3.05) is 11.1 Å². The molecule has 4 aromatic rings. The third-order valence-corrected chi connectivity index (χ3v) is 6.44. The van der Waals surface area contributed by atoms with Gasteiger partial charge in [0, 0.05) is 17.3 Å². The number of hydrogen-bond acceptors (Lipinski definition) is 6. The highest BCUT2D eigenvalue weighted by molar-refractivity contribution is 7.19. The molecule has 0 saturated carbocycles. The number of nitrogens with zero attached hydrogens (tertiary/aromatic N) is 4. The molecule has 150 valence electrons. The van der Waals surface area contributed by atoms with E-state index in [1.165, 1.54) is 11.3 Å². The second kappa shape index (κ2) is 7.07. The summed E-state index contributed by atoms with van der Waals surface area (Å²) < 4.78 is 2.03. The summed E-state index contributed by atoms with van der Waals surface area (Å²) in [5.41, 5.74) is 14.2. The van der Waals surface area contributed by atoms with Crippen LogP contribution >= 0.6 is 11.3 Å². The number of para-hydroxylation sites is 1. The Morgan fingerprint density at radius 2 is 1.97 bits per heavy atom. The normalized spacial score (nSPS) is 12.3. The molecular formula is C22H20N6OS. The van der Waals surface area contributed by atoms with Gasteiger partial charge in [-0.3, -0.25) is 4.79 Å². The molecule has 0 spiro atoms. The van der Waals surface area contributed by atoms with Crippen LogP contribution in [0.1, 0.15) is 22.4 Å². The van der Waals surface area contributed by atoms with E-state index >= 15 is 0 Å². The van der Waals surface area contributed by atoms with Gasteiger partial charge in [-0.1, -0.05) is 29.5 Å². The molecule has 0 radical (unpaired) electrons. The van der Waals surface area contributed by atoms with Crippen molar-refractivity contribution in [1.82, 2.24) is 19.7 Å². The van der Waals surface area contributed by atoms with E-state index in [2.05, 4.69) is 47.3 Å². The van der Waals surface area contributed by atoms with Crippen molar-refractivity contribution in [3.8, 4) is 27.5 Å². The van der Waals surface area contributed by atoms with Crippen LogP contribution in [0.4, 0.5) is 10.9 Å². The fourth-order valence-corrected chi connectivity index (χ4v) is 5.09. The van der Waals surface area contributed by atoms with Crippen LogP contribution in [0.3, 0.4) is 0 Å². The molecule has 5 rings (SSSR count). The molecule has 0 atom stereocenters. The van der Waals surface area contributed by atoms with Gasteiger partial charge in [0.15, 0.2) is 5.13 Å². The number of anilines is 2. The van der Waals surface area contributed by atoms with E-state index in [1.54, 1.807) is 12.3 Å². The lowest BCUT2D eigenvalue weighted by molar-refractivity contribution is -0.105. The molecule has 3 aromatic heterocycles. The van der Waals surface area contributed by atoms with Crippen LogP contribution < -0.4 is 11.1 Å². The number of aromatic nitrogens is 4. The van der Waals surface area contributed by atoms with Gasteiger partial charge < -0.3 is 11.1 Å². The Bertz CT molecular complexity index is 1250. The summed E-state index contributed by atoms with van der Waals surface area (Å²) in [5, 5.41) is 8.36. The van der Waals surface area contributed by atoms with Crippen molar-refractivity contribution in [3.05, 3.63) is 58.9 Å². The molecule has 8 heteroatoms. The standard InChI is InChI=1S/C22H20N6OS/c1-12-4-3-5-13(2)19(12)28-20-15(18(27-28)14-6-9-17(23)24-10-14)7-8-16-21(20)30-22(26-16)25-11-29/h3-6,9-11H,7-8H2,1-2H3,(H2,23,24)(H,25,26,29). The van der Waals surface area contributed by atoms with Crippen molar-refractivity contribution < 1.29 is 4.79 Å². The minimum absolute atomic E-state index is 0.483. The van der Waals surface area contributed by atoms with E-state index in [0.717, 1.165) is 62.7 Å². The zero-order valence-corrected chi connectivity index (χ0v) is 17.5. The fraction of sp³-hybridized carbons (Fsp3) is 0.182. The average Bonchev–Trinajstić information content (AvgIpc) is 3.30. The number of carbonyl (C=O) groups excluding carboxylic acids is 1. The van der Waals surface area contributed by atoms with Crippen LogP contribution in [0.2, 0.25) is 0 Å². The van der Waals surface area contributed by atoms with Gasteiger partial charge in [0.2, 0.25) is 6.41 Å². The third kappa shape index (κ3) is 2.88. The molecule has 3 heterocycles. The van der Waals surface area contributed by atoms with Crippen molar-refractivity contribution >= 4 is 28.7 Å². The van der Waals surface area contributed by atoms with E-state index in [4.69, 9.17) is 10.8 Å². The maximum Gasteiger partial charge on any atom is 0.213 e. The highest BCUT2D eigenvalue weighted by Crippen LogP contribution is 2.44. The maximum atomic E-state index is 10.9. The molecule has 1 aliphatic rings. The van der Waals surface area contributed by atoms with Crippen LogP contribution in [0.25, 0.3) is 27.5 Å². The lowest BCUT2D eigenvalue weighted by Crippen LogP contribution is -2.08. The number of rotatable bonds is 4. The van der Waals surface area contributed by atoms with E-state index < -0.39 is 0 Å². The lowest BCUT2D eigenvalue weighted by Gasteiger charge is -2.16. The van der Waals surface area contributed by atoms with Crippen molar-refractivity contribution in [2.24, 2.45) is 0 Å². The van der Waals surface area contributed by atoms with Crippen LogP contribution in [-0.4, -0.2) is 26.2 Å². The van der Waals surface area contributed by atoms with Gasteiger partial charge in [-0.15, -0.1) is 0 Å². The predicted octanol–water partition coefficient (Wildman–Crippen LogP) is 3.92. The number of thiazole rings is 1. The molecule has 1 amide bonds. The average molecular weight is 417 g/mol. The monoisotopic (exact) mass is 416 g/mol. The molecule has 0 aliphatic heterocycles. The molecule has 0 saturated heterocycles.